The molecule has 0 radical (unpaired) electrons. The number of aromatic nitrogens is 4. The van der Waals surface area contributed by atoms with Gasteiger partial charge < -0.3 is 0 Å². The molecule has 5 aromatic rings. The Hall–Kier alpha value is -3.23. The maximum Gasteiger partial charge on any atom is 2.00 e. The van der Waals surface area contributed by atoms with Gasteiger partial charge in [0.25, 0.3) is 0 Å². The zero-order valence-electron chi connectivity index (χ0n) is 23.8. The molecule has 0 aliphatic rings. The molecule has 5 rings (SSSR count). The molecule has 0 amide bonds. The number of rotatable bonds is 5. The van der Waals surface area contributed by atoms with Crippen molar-refractivity contribution in [3.63, 3.8) is 0 Å². The normalized spacial score (nSPS) is 12.3. The predicted octanol–water partition coefficient (Wildman–Crippen LogP) is 7.61. The van der Waals surface area contributed by atoms with Gasteiger partial charge >= 0.3 is 21.1 Å². The van der Waals surface area contributed by atoms with Gasteiger partial charge in [-0.05, 0) is 46.8 Å². The zero-order valence-corrected chi connectivity index (χ0v) is 26.0. The molecule has 0 bridgehead atoms. The van der Waals surface area contributed by atoms with Gasteiger partial charge in [0.2, 0.25) is 0 Å². The number of nitrogens with zero attached hydrogens (tertiary/aromatic N) is 4. The molecular formula is C34H36N4Pt. The van der Waals surface area contributed by atoms with Crippen LogP contribution in [0.3, 0.4) is 0 Å². The first-order valence-corrected chi connectivity index (χ1v) is 13.2. The van der Waals surface area contributed by atoms with E-state index in [9.17, 15) is 0 Å². The van der Waals surface area contributed by atoms with Crippen LogP contribution in [0, 0.1) is 12.1 Å². The number of benzene rings is 3. The molecule has 2 heterocycles. The van der Waals surface area contributed by atoms with E-state index >= 15 is 0 Å². The first-order valence-electron chi connectivity index (χ1n) is 13.2. The molecule has 39 heavy (non-hydrogen) atoms. The quantitative estimate of drug-likeness (QED) is 0.178. The molecule has 0 unspecified atom stereocenters. The van der Waals surface area contributed by atoms with Crippen LogP contribution in [0.2, 0.25) is 0 Å². The fourth-order valence-corrected chi connectivity index (χ4v) is 4.75. The molecule has 3 aromatic carbocycles. The van der Waals surface area contributed by atoms with Crippen LogP contribution in [0.25, 0.3) is 11.4 Å². The summed E-state index contributed by atoms with van der Waals surface area (Å²) in [4.78, 5) is 0. The van der Waals surface area contributed by atoms with Gasteiger partial charge in [-0.1, -0.05) is 71.9 Å². The Bertz CT molecular complexity index is 1450. The topological polar surface area (TPSA) is 35.6 Å². The van der Waals surface area contributed by atoms with Gasteiger partial charge in [-0.3, -0.25) is 9.36 Å². The van der Waals surface area contributed by atoms with Crippen molar-refractivity contribution in [1.29, 1.82) is 0 Å². The fourth-order valence-electron chi connectivity index (χ4n) is 4.75. The zero-order chi connectivity index (χ0) is 27.1. The van der Waals surface area contributed by atoms with Crippen molar-refractivity contribution in [3.05, 3.63) is 131 Å². The third-order valence-corrected chi connectivity index (χ3v) is 7.35. The molecule has 0 aliphatic carbocycles. The Balaban J connectivity index is 0.00000353. The van der Waals surface area contributed by atoms with E-state index in [1.54, 1.807) is 0 Å². The minimum Gasteiger partial charge on any atom is -0.265 e. The van der Waals surface area contributed by atoms with E-state index in [2.05, 4.69) is 121 Å². The van der Waals surface area contributed by atoms with Crippen LogP contribution in [0.1, 0.15) is 76.5 Å². The third kappa shape index (κ3) is 5.72. The van der Waals surface area contributed by atoms with Crippen LogP contribution in [0.4, 0.5) is 0 Å². The van der Waals surface area contributed by atoms with E-state index in [1.807, 2.05) is 40.0 Å². The van der Waals surface area contributed by atoms with Crippen molar-refractivity contribution in [2.75, 3.05) is 0 Å². The minimum absolute atomic E-state index is 0. The molecule has 5 heteroatoms. The molecule has 0 spiro atoms. The fraction of sp³-hybridized carbons (Fsp3) is 0.294. The molecule has 0 saturated heterocycles. The molecule has 2 aromatic heterocycles. The first-order chi connectivity index (χ1) is 18.0. The van der Waals surface area contributed by atoms with Crippen LogP contribution >= 0.6 is 0 Å². The van der Waals surface area contributed by atoms with E-state index < -0.39 is 5.41 Å². The van der Waals surface area contributed by atoms with Crippen LogP contribution in [0.15, 0.2) is 91.3 Å². The second-order valence-electron chi connectivity index (χ2n) is 12.2. The average molecular weight is 696 g/mol. The van der Waals surface area contributed by atoms with Gasteiger partial charge in [0.15, 0.2) is 0 Å². The molecule has 0 saturated carbocycles. The largest absolute Gasteiger partial charge is 2.00 e. The summed E-state index contributed by atoms with van der Waals surface area (Å²) in [6.45, 7) is 15.5. The van der Waals surface area contributed by atoms with E-state index in [-0.39, 0.29) is 31.9 Å². The van der Waals surface area contributed by atoms with Crippen molar-refractivity contribution in [2.24, 2.45) is 0 Å². The van der Waals surface area contributed by atoms with Crippen LogP contribution in [0.5, 0.6) is 0 Å². The molecule has 202 valence electrons. The van der Waals surface area contributed by atoms with Crippen molar-refractivity contribution < 1.29 is 21.1 Å². The summed E-state index contributed by atoms with van der Waals surface area (Å²) in [6.07, 6.45) is 4.04. The molecule has 0 N–H and O–H groups in total. The Kier molecular flexibility index (Phi) is 7.92. The van der Waals surface area contributed by atoms with E-state index in [4.69, 9.17) is 10.2 Å². The van der Waals surface area contributed by atoms with Gasteiger partial charge in [-0.25, -0.2) is 0 Å². The third-order valence-electron chi connectivity index (χ3n) is 7.35. The summed E-state index contributed by atoms with van der Waals surface area (Å²) in [7, 11) is 0. The second kappa shape index (κ2) is 10.7. The molecule has 4 nitrogen and oxygen atoms in total. The second-order valence-corrected chi connectivity index (χ2v) is 12.2. The molecule has 0 atom stereocenters. The van der Waals surface area contributed by atoms with Crippen molar-refractivity contribution in [2.45, 2.75) is 64.7 Å². The van der Waals surface area contributed by atoms with E-state index in [1.165, 1.54) is 11.1 Å². The van der Waals surface area contributed by atoms with Gasteiger partial charge in [0, 0.05) is 12.4 Å². The van der Waals surface area contributed by atoms with E-state index in [0.29, 0.717) is 0 Å². The Labute approximate surface area is 247 Å². The smallest absolute Gasteiger partial charge is 0.265 e. The van der Waals surface area contributed by atoms with Gasteiger partial charge in [0.05, 0.1) is 16.8 Å². The Morgan fingerprint density at radius 1 is 0.564 bits per heavy atom. The number of hydrogen-bond acceptors (Lipinski definition) is 2. The average Bonchev–Trinajstić information content (AvgIpc) is 3.59. The maximum absolute atomic E-state index is 5.09. The Morgan fingerprint density at radius 3 is 1.41 bits per heavy atom. The van der Waals surface area contributed by atoms with Gasteiger partial charge in [0.1, 0.15) is 0 Å². The summed E-state index contributed by atoms with van der Waals surface area (Å²) in [5.74, 6) is 0. The van der Waals surface area contributed by atoms with E-state index in [0.717, 1.165) is 28.3 Å². The van der Waals surface area contributed by atoms with Crippen LogP contribution < -0.4 is 0 Å². The maximum atomic E-state index is 5.09. The first kappa shape index (κ1) is 28.8. The predicted molar refractivity (Wildman–Crippen MR) is 154 cm³/mol. The SMILES string of the molecule is CC(C)(C)c1cc[c-]c(-n2ccc(C(C)(c3ccccc3)c3ccn(-c4[c-]ccc(C(C)(C)C)c4)n3)n2)c1.[Pt+2]. The van der Waals surface area contributed by atoms with Gasteiger partial charge in [-0.15, -0.1) is 12.1 Å². The van der Waals surface area contributed by atoms with Crippen LogP contribution in [-0.2, 0) is 37.3 Å². The summed E-state index contributed by atoms with van der Waals surface area (Å²) in [5, 5.41) is 10.2. The van der Waals surface area contributed by atoms with Crippen molar-refractivity contribution in [3.8, 4) is 11.4 Å². The van der Waals surface area contributed by atoms with Crippen molar-refractivity contribution in [1.82, 2.24) is 19.6 Å². The standard InChI is InChI=1S/C34H36N4.Pt/c1-32(2,3)26-15-11-17-28(23-26)37-21-19-30(35-37)34(7,25-13-9-8-10-14-25)31-20-22-38(36-31)29-18-12-16-27(24-29)33(4,5)6;/h8-16,19-24H,1-7H3;/q-2;+2. The monoisotopic (exact) mass is 695 g/mol. The molecule has 0 fully saturated rings. The summed E-state index contributed by atoms with van der Waals surface area (Å²) >= 11 is 0. The molecular weight excluding hydrogens is 659 g/mol. The van der Waals surface area contributed by atoms with Crippen LogP contribution in [-0.4, -0.2) is 19.6 Å². The summed E-state index contributed by atoms with van der Waals surface area (Å²) < 4.78 is 3.84. The minimum atomic E-state index is -0.555. The van der Waals surface area contributed by atoms with Crippen molar-refractivity contribution >= 4 is 0 Å². The Morgan fingerprint density at radius 2 is 1.00 bits per heavy atom. The molecule has 0 aliphatic heterocycles. The van der Waals surface area contributed by atoms with Gasteiger partial charge in [-0.2, -0.15) is 57.7 Å². The summed E-state index contributed by atoms with van der Waals surface area (Å²) in [5.41, 5.74) is 6.89. The number of hydrogen-bond donors (Lipinski definition) is 0. The summed E-state index contributed by atoms with van der Waals surface area (Å²) in [6, 6.07) is 34.0.